The minimum atomic E-state index is -0.381. The van der Waals surface area contributed by atoms with Gasteiger partial charge in [-0.25, -0.2) is 19.7 Å². The fraction of sp³-hybridized carbons (Fsp3) is 0.552. The second-order valence-electron chi connectivity index (χ2n) is 11.6. The SMILES string of the molecule is Cn1c(C(=O)OCC2CC2)nc2c(C3CCC(N4CCC5(CC4)C(=O)Nc4ccccc45)CC3)ncnc21. The van der Waals surface area contributed by atoms with Crippen molar-refractivity contribution in [1.82, 2.24) is 24.4 Å². The summed E-state index contributed by atoms with van der Waals surface area (Å²) in [6.45, 7) is 2.36. The van der Waals surface area contributed by atoms with Crippen LogP contribution in [-0.2, 0) is 22.0 Å². The Labute approximate surface area is 222 Å². The van der Waals surface area contributed by atoms with Crippen molar-refractivity contribution in [3.8, 4) is 0 Å². The van der Waals surface area contributed by atoms with Gasteiger partial charge in [0.15, 0.2) is 5.65 Å². The molecule has 2 saturated carbocycles. The van der Waals surface area contributed by atoms with Gasteiger partial charge in [0.2, 0.25) is 11.7 Å². The van der Waals surface area contributed by atoms with Crippen LogP contribution in [0.5, 0.6) is 0 Å². The van der Waals surface area contributed by atoms with E-state index in [-0.39, 0.29) is 17.3 Å². The highest BCUT2D eigenvalue weighted by Crippen LogP contribution is 2.46. The topological polar surface area (TPSA) is 102 Å². The summed E-state index contributed by atoms with van der Waals surface area (Å²) in [5.41, 5.74) is 4.15. The molecule has 1 aromatic carbocycles. The number of likely N-dealkylation sites (tertiary alicyclic amines) is 1. The average Bonchev–Trinajstić information content (AvgIpc) is 3.67. The van der Waals surface area contributed by atoms with Crippen LogP contribution in [0.3, 0.4) is 0 Å². The van der Waals surface area contributed by atoms with Crippen LogP contribution in [0.1, 0.15) is 79.2 Å². The third kappa shape index (κ3) is 3.90. The first kappa shape index (κ1) is 23.8. The molecule has 4 heterocycles. The Hall–Kier alpha value is -3.33. The molecule has 0 bridgehead atoms. The van der Waals surface area contributed by atoms with E-state index < -0.39 is 0 Å². The number of anilines is 1. The van der Waals surface area contributed by atoms with Gasteiger partial charge in [0.1, 0.15) is 11.8 Å². The predicted octanol–water partition coefficient (Wildman–Crippen LogP) is 3.94. The summed E-state index contributed by atoms with van der Waals surface area (Å²) < 4.78 is 7.23. The second-order valence-corrected chi connectivity index (χ2v) is 11.6. The van der Waals surface area contributed by atoms with E-state index in [1.54, 1.807) is 10.9 Å². The summed E-state index contributed by atoms with van der Waals surface area (Å²) in [6, 6.07) is 8.69. The predicted molar refractivity (Wildman–Crippen MR) is 142 cm³/mol. The van der Waals surface area contributed by atoms with Gasteiger partial charge in [-0.05, 0) is 82.0 Å². The lowest BCUT2D eigenvalue weighted by molar-refractivity contribution is -0.122. The molecule has 0 atom stereocenters. The molecule has 1 spiro atoms. The Morgan fingerprint density at radius 1 is 1.08 bits per heavy atom. The first-order chi connectivity index (χ1) is 18.5. The number of amides is 1. The van der Waals surface area contributed by atoms with Crippen molar-refractivity contribution in [1.29, 1.82) is 0 Å². The monoisotopic (exact) mass is 514 g/mol. The van der Waals surface area contributed by atoms with Crippen molar-refractivity contribution in [3.63, 3.8) is 0 Å². The fourth-order valence-electron chi connectivity index (χ4n) is 6.90. The standard InChI is InChI=1S/C29H34N6O3/c1-34-25-24(33-26(34)27(36)38-16-18-6-7-18)23(30-17-31-25)19-8-10-20(11-9-19)35-14-12-29(13-15-35)21-4-2-3-5-22(21)32-28(29)37/h2-5,17-20H,6-16H2,1H3,(H,32,37). The molecule has 0 radical (unpaired) electrons. The van der Waals surface area contributed by atoms with Gasteiger partial charge < -0.3 is 19.5 Å². The summed E-state index contributed by atoms with van der Waals surface area (Å²) in [4.78, 5) is 42.0. The van der Waals surface area contributed by atoms with Crippen LogP contribution in [0.25, 0.3) is 11.2 Å². The lowest BCUT2D eigenvalue weighted by Crippen LogP contribution is -2.50. The third-order valence-corrected chi connectivity index (χ3v) is 9.39. The summed E-state index contributed by atoms with van der Waals surface area (Å²) in [5, 5.41) is 3.11. The number of carbonyl (C=O) groups excluding carboxylic acids is 2. The average molecular weight is 515 g/mol. The Bertz CT molecular complexity index is 1400. The van der Waals surface area contributed by atoms with Gasteiger partial charge in [-0.3, -0.25) is 4.79 Å². The number of nitrogens with zero attached hydrogens (tertiary/aromatic N) is 5. The zero-order valence-corrected chi connectivity index (χ0v) is 21.9. The molecule has 7 rings (SSSR count). The smallest absolute Gasteiger partial charge is 0.374 e. The van der Waals surface area contributed by atoms with Gasteiger partial charge in [-0.15, -0.1) is 0 Å². The molecule has 2 aliphatic carbocycles. The Morgan fingerprint density at radius 2 is 1.84 bits per heavy atom. The molecular formula is C29H34N6O3. The van der Waals surface area contributed by atoms with E-state index in [1.165, 1.54) is 5.56 Å². The van der Waals surface area contributed by atoms with Gasteiger partial charge in [0.25, 0.3) is 0 Å². The number of aryl methyl sites for hydroxylation is 1. The highest BCUT2D eigenvalue weighted by atomic mass is 16.5. The van der Waals surface area contributed by atoms with Crippen molar-refractivity contribution in [2.45, 2.75) is 68.7 Å². The largest absolute Gasteiger partial charge is 0.460 e. The molecule has 3 fully saturated rings. The Kier molecular flexibility index (Phi) is 5.72. The fourth-order valence-corrected chi connectivity index (χ4v) is 6.90. The number of hydrogen-bond donors (Lipinski definition) is 1. The Balaban J connectivity index is 1.02. The summed E-state index contributed by atoms with van der Waals surface area (Å²) in [6.07, 6.45) is 9.85. The number of imidazole rings is 1. The number of ether oxygens (including phenoxy) is 1. The summed E-state index contributed by atoms with van der Waals surface area (Å²) in [7, 11) is 1.82. The number of benzene rings is 1. The highest BCUT2D eigenvalue weighted by Gasteiger charge is 2.49. The molecule has 1 amide bonds. The van der Waals surface area contributed by atoms with Crippen LogP contribution in [0.2, 0.25) is 0 Å². The van der Waals surface area contributed by atoms with Crippen molar-refractivity contribution < 1.29 is 14.3 Å². The Morgan fingerprint density at radius 3 is 2.61 bits per heavy atom. The molecule has 2 aromatic heterocycles. The van der Waals surface area contributed by atoms with E-state index in [1.807, 2.05) is 25.2 Å². The summed E-state index contributed by atoms with van der Waals surface area (Å²) >= 11 is 0. The van der Waals surface area contributed by atoms with E-state index in [4.69, 9.17) is 4.74 Å². The van der Waals surface area contributed by atoms with E-state index in [0.717, 1.165) is 81.4 Å². The van der Waals surface area contributed by atoms with Crippen molar-refractivity contribution in [2.75, 3.05) is 25.0 Å². The number of para-hydroxylation sites is 1. The second kappa shape index (κ2) is 9.15. The first-order valence-corrected chi connectivity index (χ1v) is 14.0. The maximum absolute atomic E-state index is 13.0. The lowest BCUT2D eigenvalue weighted by Gasteiger charge is -2.43. The van der Waals surface area contributed by atoms with Crippen molar-refractivity contribution in [3.05, 3.63) is 47.7 Å². The molecule has 3 aromatic rings. The molecule has 1 saturated heterocycles. The number of esters is 1. The minimum Gasteiger partial charge on any atom is -0.460 e. The molecule has 198 valence electrons. The molecule has 1 N–H and O–H groups in total. The van der Waals surface area contributed by atoms with Gasteiger partial charge in [0.05, 0.1) is 17.7 Å². The van der Waals surface area contributed by atoms with Crippen LogP contribution >= 0.6 is 0 Å². The molecule has 38 heavy (non-hydrogen) atoms. The van der Waals surface area contributed by atoms with Crippen molar-refractivity contribution in [2.24, 2.45) is 13.0 Å². The maximum Gasteiger partial charge on any atom is 0.374 e. The number of aromatic nitrogens is 4. The molecular weight excluding hydrogens is 480 g/mol. The zero-order chi connectivity index (χ0) is 25.9. The molecule has 4 aliphatic rings. The molecule has 0 unspecified atom stereocenters. The summed E-state index contributed by atoms with van der Waals surface area (Å²) in [5.74, 6) is 0.895. The van der Waals surface area contributed by atoms with Crippen LogP contribution in [0.15, 0.2) is 30.6 Å². The number of nitrogens with one attached hydrogen (secondary N) is 1. The van der Waals surface area contributed by atoms with E-state index in [9.17, 15) is 9.59 Å². The van der Waals surface area contributed by atoms with E-state index in [2.05, 4.69) is 31.2 Å². The van der Waals surface area contributed by atoms with Crippen molar-refractivity contribution >= 4 is 28.7 Å². The number of fused-ring (bicyclic) bond motifs is 3. The van der Waals surface area contributed by atoms with E-state index >= 15 is 0 Å². The van der Waals surface area contributed by atoms with Crippen LogP contribution < -0.4 is 5.32 Å². The lowest BCUT2D eigenvalue weighted by atomic mass is 9.73. The van der Waals surface area contributed by atoms with Crippen LogP contribution in [-0.4, -0.2) is 62.0 Å². The van der Waals surface area contributed by atoms with Crippen LogP contribution in [0, 0.1) is 5.92 Å². The quantitative estimate of drug-likeness (QED) is 0.515. The zero-order valence-electron chi connectivity index (χ0n) is 21.9. The number of hydrogen-bond acceptors (Lipinski definition) is 7. The maximum atomic E-state index is 13.0. The van der Waals surface area contributed by atoms with Crippen LogP contribution in [0.4, 0.5) is 5.69 Å². The first-order valence-electron chi connectivity index (χ1n) is 14.0. The highest BCUT2D eigenvalue weighted by molar-refractivity contribution is 6.06. The third-order valence-electron chi connectivity index (χ3n) is 9.39. The molecule has 9 nitrogen and oxygen atoms in total. The van der Waals surface area contributed by atoms with Gasteiger partial charge in [-0.2, -0.15) is 0 Å². The van der Waals surface area contributed by atoms with Gasteiger partial charge in [0, 0.05) is 24.7 Å². The number of piperidine rings is 1. The van der Waals surface area contributed by atoms with Gasteiger partial charge >= 0.3 is 5.97 Å². The van der Waals surface area contributed by atoms with Gasteiger partial charge in [-0.1, -0.05) is 18.2 Å². The number of carbonyl (C=O) groups is 2. The molecule has 2 aliphatic heterocycles. The minimum absolute atomic E-state index is 0.168. The molecule has 9 heteroatoms. The van der Waals surface area contributed by atoms with E-state index in [0.29, 0.717) is 36.0 Å². The normalized spacial score (nSPS) is 24.9. The number of rotatable bonds is 5.